The third kappa shape index (κ3) is 2.62. The minimum Gasteiger partial charge on any atom is -0.389 e. The van der Waals surface area contributed by atoms with Crippen molar-refractivity contribution < 1.29 is 25.2 Å². The molecule has 0 unspecified atom stereocenters. The molecule has 4 N–H and O–H groups in total. The summed E-state index contributed by atoms with van der Waals surface area (Å²) in [6.07, 6.45) is 12.9. The van der Waals surface area contributed by atoms with Crippen LogP contribution in [0.5, 0.6) is 0 Å². The first kappa shape index (κ1) is 22.1. The zero-order valence-electron chi connectivity index (χ0n) is 19.4. The van der Waals surface area contributed by atoms with Gasteiger partial charge in [-0.25, -0.2) is 0 Å². The average Bonchev–Trinajstić information content (AvgIpc) is 3.31. The van der Waals surface area contributed by atoms with E-state index in [1.807, 2.05) is 6.08 Å². The van der Waals surface area contributed by atoms with Crippen molar-refractivity contribution in [3.63, 3.8) is 0 Å². The molecule has 0 aliphatic heterocycles. The third-order valence-corrected chi connectivity index (χ3v) is 10.9. The minimum atomic E-state index is -0.986. The van der Waals surface area contributed by atoms with E-state index in [1.54, 1.807) is 7.11 Å². The first-order valence-electron chi connectivity index (χ1n) is 12.2. The number of rotatable bonds is 3. The number of ether oxygens (including phenoxy) is 1. The van der Waals surface area contributed by atoms with Crippen molar-refractivity contribution in [3.05, 3.63) is 23.8 Å². The Labute approximate surface area is 186 Å². The summed E-state index contributed by atoms with van der Waals surface area (Å²) in [5, 5.41) is 47.1. The Balaban J connectivity index is 1.49. The Morgan fingerprint density at radius 3 is 2.35 bits per heavy atom. The Kier molecular flexibility index (Phi) is 4.75. The average molecular weight is 433 g/mol. The summed E-state index contributed by atoms with van der Waals surface area (Å²) in [7, 11) is 1.60. The second-order valence-corrected chi connectivity index (χ2v) is 12.0. The van der Waals surface area contributed by atoms with Gasteiger partial charge in [-0.05, 0) is 80.6 Å². The smallest absolute Gasteiger partial charge is 0.0975 e. The van der Waals surface area contributed by atoms with Crippen LogP contribution >= 0.6 is 0 Å². The minimum absolute atomic E-state index is 0.0603. The fraction of sp³-hybridized carbons (Fsp3) is 0.846. The third-order valence-electron chi connectivity index (χ3n) is 10.9. The molecule has 5 nitrogen and oxygen atoms in total. The Hall–Kier alpha value is -0.720. The molecule has 4 fully saturated rings. The summed E-state index contributed by atoms with van der Waals surface area (Å²) in [5.74, 6) is 0.247. The lowest BCUT2D eigenvalue weighted by Crippen LogP contribution is -2.70. The van der Waals surface area contributed by atoms with Gasteiger partial charge in [-0.1, -0.05) is 32.1 Å². The van der Waals surface area contributed by atoms with Crippen LogP contribution in [0.15, 0.2) is 23.8 Å². The maximum atomic E-state index is 12.3. The van der Waals surface area contributed by atoms with Gasteiger partial charge in [0, 0.05) is 18.9 Å². The van der Waals surface area contributed by atoms with Crippen molar-refractivity contribution in [3.8, 4) is 0 Å². The van der Waals surface area contributed by atoms with Gasteiger partial charge in [-0.2, -0.15) is 0 Å². The topological polar surface area (TPSA) is 90.2 Å². The molecule has 0 aromatic rings. The summed E-state index contributed by atoms with van der Waals surface area (Å²) in [5.41, 5.74) is -3.81. The van der Waals surface area contributed by atoms with E-state index >= 15 is 0 Å². The van der Waals surface area contributed by atoms with Gasteiger partial charge in [0.2, 0.25) is 0 Å². The van der Waals surface area contributed by atoms with Crippen LogP contribution < -0.4 is 0 Å². The number of fused-ring (bicyclic) bond motifs is 5. The monoisotopic (exact) mass is 432 g/mol. The molecule has 174 valence electrons. The molecule has 0 aromatic heterocycles. The molecule has 5 heteroatoms. The van der Waals surface area contributed by atoms with Crippen LogP contribution in [0.3, 0.4) is 0 Å². The molecular weight excluding hydrogens is 392 g/mol. The number of hydrogen-bond donors (Lipinski definition) is 4. The fourth-order valence-electron chi connectivity index (χ4n) is 8.96. The number of hydrogen-bond acceptors (Lipinski definition) is 5. The first-order valence-corrected chi connectivity index (χ1v) is 12.2. The van der Waals surface area contributed by atoms with Gasteiger partial charge < -0.3 is 25.2 Å². The van der Waals surface area contributed by atoms with E-state index in [9.17, 15) is 20.4 Å². The van der Waals surface area contributed by atoms with Gasteiger partial charge in [-0.15, -0.1) is 0 Å². The molecule has 0 aromatic carbocycles. The molecule has 0 bridgehead atoms. The van der Waals surface area contributed by atoms with Crippen molar-refractivity contribution in [2.75, 3.05) is 13.7 Å². The molecule has 4 saturated carbocycles. The molecule has 0 radical (unpaired) electrons. The van der Waals surface area contributed by atoms with Gasteiger partial charge in [0.05, 0.1) is 29.0 Å². The van der Waals surface area contributed by atoms with E-state index in [0.29, 0.717) is 32.1 Å². The maximum absolute atomic E-state index is 12.3. The standard InChI is InChI=1S/C26H40O5/c1-21-12-13-23(27,17-31-3)16-24(21,28)11-9-20-19(21)8-10-22(2)25(29,14-15-26(20,22)30)18-6-4-5-7-18/h4,6-7,19-20,27-30H,5,8-17H2,1-3H3/t19-,20+,21+,22+,23-,24-,25+,26-/m0/s1. The van der Waals surface area contributed by atoms with Crippen molar-refractivity contribution in [2.24, 2.45) is 22.7 Å². The van der Waals surface area contributed by atoms with Gasteiger partial charge >= 0.3 is 0 Å². The molecular formula is C26H40O5. The summed E-state index contributed by atoms with van der Waals surface area (Å²) in [6.45, 7) is 4.54. The van der Waals surface area contributed by atoms with Crippen LogP contribution in [0.4, 0.5) is 0 Å². The van der Waals surface area contributed by atoms with Crippen LogP contribution in [-0.2, 0) is 4.74 Å². The molecule has 0 amide bonds. The lowest BCUT2D eigenvalue weighted by molar-refractivity contribution is -0.276. The molecule has 5 rings (SSSR count). The number of methoxy groups -OCH3 is 1. The molecule has 31 heavy (non-hydrogen) atoms. The second-order valence-electron chi connectivity index (χ2n) is 12.0. The van der Waals surface area contributed by atoms with E-state index in [0.717, 1.165) is 37.7 Å². The summed E-state index contributed by atoms with van der Waals surface area (Å²) in [6, 6.07) is 0. The highest BCUT2D eigenvalue weighted by atomic mass is 16.5. The summed E-state index contributed by atoms with van der Waals surface area (Å²) < 4.78 is 5.27. The van der Waals surface area contributed by atoms with Crippen LogP contribution in [0.25, 0.3) is 0 Å². The van der Waals surface area contributed by atoms with Gasteiger partial charge in [0.15, 0.2) is 0 Å². The zero-order chi connectivity index (χ0) is 22.3. The SMILES string of the molecule is COC[C@]1(O)CC[C@]2(C)[C@H]3CC[C@]4(C)[C@](O)(C5=CCC=C5)CC[C@]4(O)[C@@H]3CC[C@]2(O)C1. The molecule has 8 atom stereocenters. The quantitative estimate of drug-likeness (QED) is 0.550. The zero-order valence-corrected chi connectivity index (χ0v) is 19.4. The van der Waals surface area contributed by atoms with Gasteiger partial charge in [0.1, 0.15) is 0 Å². The Morgan fingerprint density at radius 1 is 0.935 bits per heavy atom. The van der Waals surface area contributed by atoms with Crippen molar-refractivity contribution >= 4 is 0 Å². The fourth-order valence-corrected chi connectivity index (χ4v) is 8.96. The first-order chi connectivity index (χ1) is 14.5. The van der Waals surface area contributed by atoms with Gasteiger partial charge in [-0.3, -0.25) is 0 Å². The van der Waals surface area contributed by atoms with Crippen LogP contribution in [0, 0.1) is 22.7 Å². The van der Waals surface area contributed by atoms with E-state index in [-0.39, 0.29) is 23.9 Å². The Bertz CT molecular complexity index is 823. The normalized spacial score (nSPS) is 56.0. The van der Waals surface area contributed by atoms with Gasteiger partial charge in [0.25, 0.3) is 0 Å². The molecule has 5 aliphatic carbocycles. The number of aliphatic hydroxyl groups is 4. The largest absolute Gasteiger partial charge is 0.389 e. The number of allylic oxidation sites excluding steroid dienone is 2. The summed E-state index contributed by atoms with van der Waals surface area (Å²) >= 11 is 0. The molecule has 5 aliphatic rings. The van der Waals surface area contributed by atoms with Crippen LogP contribution in [-0.4, -0.2) is 56.5 Å². The van der Waals surface area contributed by atoms with Crippen molar-refractivity contribution in [1.82, 2.24) is 0 Å². The molecule has 0 spiro atoms. The lowest BCUT2D eigenvalue weighted by atomic mass is 9.41. The van der Waals surface area contributed by atoms with E-state index in [4.69, 9.17) is 4.74 Å². The lowest BCUT2D eigenvalue weighted by Gasteiger charge is -2.67. The second kappa shape index (κ2) is 6.66. The van der Waals surface area contributed by atoms with E-state index < -0.39 is 27.8 Å². The molecule has 0 heterocycles. The van der Waals surface area contributed by atoms with Crippen LogP contribution in [0.2, 0.25) is 0 Å². The van der Waals surface area contributed by atoms with E-state index in [1.165, 1.54) is 0 Å². The van der Waals surface area contributed by atoms with Crippen molar-refractivity contribution in [2.45, 2.75) is 100 Å². The predicted octanol–water partition coefficient (Wildman–Crippen LogP) is 3.25. The highest BCUT2D eigenvalue weighted by Crippen LogP contribution is 2.72. The molecule has 0 saturated heterocycles. The Morgan fingerprint density at radius 2 is 1.68 bits per heavy atom. The van der Waals surface area contributed by atoms with Crippen molar-refractivity contribution in [1.29, 1.82) is 0 Å². The van der Waals surface area contributed by atoms with Crippen LogP contribution in [0.1, 0.15) is 78.1 Å². The predicted molar refractivity (Wildman–Crippen MR) is 118 cm³/mol. The summed E-state index contributed by atoms with van der Waals surface area (Å²) in [4.78, 5) is 0. The van der Waals surface area contributed by atoms with E-state index in [2.05, 4.69) is 26.0 Å². The highest BCUT2D eigenvalue weighted by molar-refractivity contribution is 5.41. The maximum Gasteiger partial charge on any atom is 0.0975 e. The highest BCUT2D eigenvalue weighted by Gasteiger charge is 2.74.